The summed E-state index contributed by atoms with van der Waals surface area (Å²) >= 11 is 0. The highest BCUT2D eigenvalue weighted by Gasteiger charge is 2.38. The number of benzene rings is 1. The molecule has 2 N–H and O–H groups in total. The smallest absolute Gasteiger partial charge is 0.334 e. The maximum absolute atomic E-state index is 12.3. The van der Waals surface area contributed by atoms with E-state index in [9.17, 15) is 15.2 Å². The third-order valence-corrected chi connectivity index (χ3v) is 6.15. The quantitative estimate of drug-likeness (QED) is 0.716. The van der Waals surface area contributed by atoms with Crippen LogP contribution in [-0.4, -0.2) is 29.8 Å². The fraction of sp³-hybridized carbons (Fsp3) is 0.375. The molecular formula is C24H25N3O4. The summed E-state index contributed by atoms with van der Waals surface area (Å²) in [5, 5.41) is 22.6. The molecule has 1 unspecified atom stereocenters. The molecular weight excluding hydrogens is 394 g/mol. The van der Waals surface area contributed by atoms with E-state index in [1.165, 1.54) is 13.5 Å². The van der Waals surface area contributed by atoms with Gasteiger partial charge in [-0.1, -0.05) is 12.5 Å². The van der Waals surface area contributed by atoms with Crippen molar-refractivity contribution in [2.75, 3.05) is 19.0 Å². The zero-order valence-electron chi connectivity index (χ0n) is 17.9. The van der Waals surface area contributed by atoms with Crippen LogP contribution in [0.3, 0.4) is 0 Å². The summed E-state index contributed by atoms with van der Waals surface area (Å²) in [6.07, 6.45) is 5.23. The monoisotopic (exact) mass is 419 g/mol. The van der Waals surface area contributed by atoms with Gasteiger partial charge in [-0.2, -0.15) is 5.26 Å². The van der Waals surface area contributed by atoms with Crippen LogP contribution in [0.4, 0.5) is 5.69 Å². The summed E-state index contributed by atoms with van der Waals surface area (Å²) in [7, 11) is 1.52. The number of ether oxygens (including phenoxy) is 2. The zero-order chi connectivity index (χ0) is 22.1. The number of anilines is 1. The van der Waals surface area contributed by atoms with Crippen molar-refractivity contribution in [2.24, 2.45) is 5.92 Å². The van der Waals surface area contributed by atoms with Crippen LogP contribution in [0.5, 0.6) is 11.6 Å². The predicted octanol–water partition coefficient (Wildman–Crippen LogP) is 4.37. The van der Waals surface area contributed by atoms with E-state index in [-0.39, 0.29) is 5.57 Å². The van der Waals surface area contributed by atoms with Gasteiger partial charge in [-0.3, -0.25) is 0 Å². The number of aliphatic carboxylic acids is 1. The lowest BCUT2D eigenvalue weighted by Crippen LogP contribution is -2.26. The lowest BCUT2D eigenvalue weighted by Gasteiger charge is -2.33. The van der Waals surface area contributed by atoms with Crippen LogP contribution in [0.2, 0.25) is 0 Å². The minimum absolute atomic E-state index is 0.205. The highest BCUT2D eigenvalue weighted by atomic mass is 16.5. The van der Waals surface area contributed by atoms with Gasteiger partial charge in [0, 0.05) is 17.5 Å². The molecule has 1 aromatic heterocycles. The lowest BCUT2D eigenvalue weighted by molar-refractivity contribution is -0.133. The summed E-state index contributed by atoms with van der Waals surface area (Å²) in [6.45, 7) is 4.25. The Labute approximate surface area is 181 Å². The van der Waals surface area contributed by atoms with Gasteiger partial charge in [0.15, 0.2) is 0 Å². The van der Waals surface area contributed by atoms with Crippen molar-refractivity contribution < 1.29 is 19.4 Å². The fourth-order valence-electron chi connectivity index (χ4n) is 4.24. The molecule has 1 fully saturated rings. The second-order valence-corrected chi connectivity index (χ2v) is 8.11. The molecule has 7 nitrogen and oxygen atoms in total. The molecule has 0 amide bonds. The number of hydrogen-bond acceptors (Lipinski definition) is 6. The van der Waals surface area contributed by atoms with Gasteiger partial charge in [-0.05, 0) is 50.3 Å². The molecule has 1 aliphatic heterocycles. The average Bonchev–Trinajstić information content (AvgIpc) is 2.72. The van der Waals surface area contributed by atoms with Crippen LogP contribution in [0, 0.1) is 24.2 Å². The number of nitrogens with zero attached hydrogens (tertiary/aromatic N) is 2. The average molecular weight is 419 g/mol. The summed E-state index contributed by atoms with van der Waals surface area (Å²) in [5.74, 6) is -0.286. The number of nitrogens with one attached hydrogen (secondary N) is 1. The minimum atomic E-state index is -1.03. The van der Waals surface area contributed by atoms with Gasteiger partial charge in [0.1, 0.15) is 5.75 Å². The Morgan fingerprint density at radius 2 is 2.13 bits per heavy atom. The van der Waals surface area contributed by atoms with E-state index in [4.69, 9.17) is 9.47 Å². The largest absolute Gasteiger partial charge is 0.496 e. The fourth-order valence-corrected chi connectivity index (χ4v) is 4.24. The number of aromatic nitrogens is 1. The van der Waals surface area contributed by atoms with E-state index < -0.39 is 11.9 Å². The van der Waals surface area contributed by atoms with Gasteiger partial charge in [0.25, 0.3) is 0 Å². The van der Waals surface area contributed by atoms with E-state index >= 15 is 0 Å². The number of aryl methyl sites for hydroxylation is 1. The topological polar surface area (TPSA) is 104 Å². The van der Waals surface area contributed by atoms with Crippen LogP contribution >= 0.6 is 0 Å². The first-order valence-electron chi connectivity index (χ1n) is 10.4. The Balaban J connectivity index is 1.91. The number of methoxy groups -OCH3 is 1. The van der Waals surface area contributed by atoms with Crippen molar-refractivity contribution in [3.05, 3.63) is 57.9 Å². The molecule has 31 heavy (non-hydrogen) atoms. The highest BCUT2D eigenvalue weighted by molar-refractivity contribution is 5.94. The molecule has 160 valence electrons. The van der Waals surface area contributed by atoms with Gasteiger partial charge >= 0.3 is 5.97 Å². The van der Waals surface area contributed by atoms with Crippen molar-refractivity contribution in [3.8, 4) is 17.7 Å². The Kier molecular flexibility index (Phi) is 5.55. The maximum atomic E-state index is 12.3. The number of pyridine rings is 1. The first-order chi connectivity index (χ1) is 14.9. The molecule has 0 spiro atoms. The van der Waals surface area contributed by atoms with E-state index in [1.54, 1.807) is 31.3 Å². The Bertz CT molecular complexity index is 1110. The number of nitriles is 1. The van der Waals surface area contributed by atoms with E-state index in [0.717, 1.165) is 24.1 Å². The van der Waals surface area contributed by atoms with Crippen LogP contribution in [-0.2, 0) is 4.79 Å². The van der Waals surface area contributed by atoms with Crippen LogP contribution in [0.1, 0.15) is 54.4 Å². The molecule has 1 saturated carbocycles. The minimum Gasteiger partial charge on any atom is -0.496 e. The third kappa shape index (κ3) is 3.70. The number of allylic oxidation sites excluding steroid dienone is 1. The maximum Gasteiger partial charge on any atom is 0.334 e. The van der Waals surface area contributed by atoms with Crippen molar-refractivity contribution >= 4 is 11.7 Å². The van der Waals surface area contributed by atoms with Gasteiger partial charge in [0.05, 0.1) is 48.1 Å². The molecule has 1 atom stereocenters. The van der Waals surface area contributed by atoms with Crippen molar-refractivity contribution in [2.45, 2.75) is 39.0 Å². The molecule has 1 aliphatic carbocycles. The molecule has 0 bridgehead atoms. The third-order valence-electron chi connectivity index (χ3n) is 6.15. The SMILES string of the molecule is COc1cc(C#N)ccc1C1C(C(=O)O)=C(C)Nc2c(C)cnc(OCC3CCC3)c21. The lowest BCUT2D eigenvalue weighted by atomic mass is 9.79. The second-order valence-electron chi connectivity index (χ2n) is 8.11. The van der Waals surface area contributed by atoms with Crippen molar-refractivity contribution in [1.29, 1.82) is 5.26 Å². The molecule has 2 aromatic rings. The standard InChI is InChI=1S/C24H25N3O4/c1-13-11-26-23(31-12-15-5-4-6-15)21-20(19(24(28)29)14(2)27-22(13)21)17-8-7-16(10-25)9-18(17)30-3/h7-9,11,15,20,27H,4-6,12H2,1-3H3,(H,28,29). The molecule has 0 saturated heterocycles. The molecule has 1 aromatic carbocycles. The number of carbonyl (C=O) groups is 1. The van der Waals surface area contributed by atoms with Crippen LogP contribution < -0.4 is 14.8 Å². The summed E-state index contributed by atoms with van der Waals surface area (Å²) in [6, 6.07) is 7.16. The number of rotatable bonds is 6. The predicted molar refractivity (Wildman–Crippen MR) is 115 cm³/mol. The van der Waals surface area contributed by atoms with Crippen LogP contribution in [0.25, 0.3) is 0 Å². The highest BCUT2D eigenvalue weighted by Crippen LogP contribution is 2.49. The van der Waals surface area contributed by atoms with Gasteiger partial charge in [-0.15, -0.1) is 0 Å². The number of hydrogen-bond donors (Lipinski definition) is 2. The summed E-state index contributed by atoms with van der Waals surface area (Å²) in [5.41, 5.74) is 4.24. The molecule has 4 rings (SSSR count). The first-order valence-corrected chi connectivity index (χ1v) is 10.4. The second kappa shape index (κ2) is 8.31. The Morgan fingerprint density at radius 1 is 1.35 bits per heavy atom. The van der Waals surface area contributed by atoms with Gasteiger partial charge in [0.2, 0.25) is 5.88 Å². The molecule has 7 heteroatoms. The number of carboxylic acid groups (broad SMARTS) is 1. The summed E-state index contributed by atoms with van der Waals surface area (Å²) < 4.78 is 11.7. The molecule has 2 aliphatic rings. The van der Waals surface area contributed by atoms with Crippen LogP contribution in [0.15, 0.2) is 35.7 Å². The summed E-state index contributed by atoms with van der Waals surface area (Å²) in [4.78, 5) is 16.9. The van der Waals surface area contributed by atoms with E-state index in [2.05, 4.69) is 16.4 Å². The zero-order valence-corrected chi connectivity index (χ0v) is 17.9. The number of fused-ring (bicyclic) bond motifs is 1. The number of carboxylic acids is 1. The first kappa shape index (κ1) is 20.7. The normalized spacial score (nSPS) is 17.8. The Hall–Kier alpha value is -3.53. The van der Waals surface area contributed by atoms with Gasteiger partial charge < -0.3 is 19.9 Å². The Morgan fingerprint density at radius 3 is 2.74 bits per heavy atom. The van der Waals surface area contributed by atoms with Crippen molar-refractivity contribution in [1.82, 2.24) is 4.98 Å². The van der Waals surface area contributed by atoms with E-state index in [1.807, 2.05) is 6.92 Å². The van der Waals surface area contributed by atoms with E-state index in [0.29, 0.717) is 46.5 Å². The van der Waals surface area contributed by atoms with Crippen molar-refractivity contribution in [3.63, 3.8) is 0 Å². The molecule has 0 radical (unpaired) electrons. The van der Waals surface area contributed by atoms with Gasteiger partial charge in [-0.25, -0.2) is 9.78 Å². The molecule has 2 heterocycles.